The van der Waals surface area contributed by atoms with Crippen molar-refractivity contribution in [3.8, 4) is 17.4 Å². The third kappa shape index (κ3) is 5.26. The van der Waals surface area contributed by atoms with Crippen LogP contribution in [0, 0.1) is 0 Å². The van der Waals surface area contributed by atoms with Gasteiger partial charge >= 0.3 is 0 Å². The van der Waals surface area contributed by atoms with Gasteiger partial charge in [-0.3, -0.25) is 14.7 Å². The van der Waals surface area contributed by atoms with Crippen molar-refractivity contribution in [1.29, 1.82) is 0 Å². The molecule has 1 fully saturated rings. The number of anilines is 1. The molecule has 0 atom stereocenters. The Kier molecular flexibility index (Phi) is 7.57. The van der Waals surface area contributed by atoms with Gasteiger partial charge in [-0.15, -0.1) is 0 Å². The fraction of sp³-hybridized carbons (Fsp3) is 0.385. The average molecular weight is 481 g/mol. The van der Waals surface area contributed by atoms with E-state index in [1.165, 1.54) is 0 Å². The number of morpholine rings is 1. The standard InChI is InChI=1S/C26H32N4O5/c1-5-20(25-19-14-22(33-3)23(34-4)15-21(19)28-26(25)32)27-17-6-8-18(9-7-17)29(2)24(31)16-30-10-12-35-13-11-30/h6-9,14-15,28,32H,5,10-13,16H2,1-4H3. The van der Waals surface area contributed by atoms with E-state index in [0.29, 0.717) is 43.2 Å². The number of amides is 1. The Balaban J connectivity index is 1.57. The van der Waals surface area contributed by atoms with Crippen molar-refractivity contribution < 1.29 is 24.1 Å². The number of hydrogen-bond donors (Lipinski definition) is 2. The first-order chi connectivity index (χ1) is 16.9. The zero-order valence-electron chi connectivity index (χ0n) is 20.6. The number of aliphatic imine (C=N–C) groups is 1. The molecule has 0 aliphatic carbocycles. The number of H-pyrrole nitrogens is 1. The van der Waals surface area contributed by atoms with Crippen LogP contribution < -0.4 is 14.4 Å². The SMILES string of the molecule is CCC(=Nc1ccc(N(C)C(=O)CN2CCOCC2)cc1)c1c(O)[nH]c2cc(OC)c(OC)cc12. The molecule has 9 nitrogen and oxygen atoms in total. The molecule has 0 unspecified atom stereocenters. The molecule has 2 aromatic carbocycles. The molecule has 1 aliphatic rings. The molecule has 0 bridgehead atoms. The molecule has 186 valence electrons. The van der Waals surface area contributed by atoms with Crippen molar-refractivity contribution >= 4 is 33.9 Å². The Labute approximate surface area is 204 Å². The third-order valence-electron chi connectivity index (χ3n) is 6.24. The number of nitrogens with one attached hydrogen (secondary N) is 1. The van der Waals surface area contributed by atoms with Crippen LogP contribution in [0.15, 0.2) is 41.4 Å². The van der Waals surface area contributed by atoms with Gasteiger partial charge in [0.1, 0.15) is 0 Å². The molecule has 9 heteroatoms. The fourth-order valence-corrected chi connectivity index (χ4v) is 4.22. The van der Waals surface area contributed by atoms with Crippen molar-refractivity contribution in [3.05, 3.63) is 42.0 Å². The molecule has 2 heterocycles. The molecule has 1 aromatic heterocycles. The first-order valence-electron chi connectivity index (χ1n) is 11.7. The van der Waals surface area contributed by atoms with Gasteiger partial charge in [0, 0.05) is 37.3 Å². The van der Waals surface area contributed by atoms with E-state index >= 15 is 0 Å². The van der Waals surface area contributed by atoms with Gasteiger partial charge in [0.25, 0.3) is 0 Å². The molecule has 3 aromatic rings. The highest BCUT2D eigenvalue weighted by atomic mass is 16.5. The van der Waals surface area contributed by atoms with Crippen LogP contribution in [0.4, 0.5) is 11.4 Å². The Morgan fingerprint density at radius 1 is 1.14 bits per heavy atom. The molecule has 0 saturated carbocycles. The number of rotatable bonds is 8. The van der Waals surface area contributed by atoms with Crippen LogP contribution in [0.1, 0.15) is 18.9 Å². The number of fused-ring (bicyclic) bond motifs is 1. The molecule has 35 heavy (non-hydrogen) atoms. The van der Waals surface area contributed by atoms with Gasteiger partial charge < -0.3 is 29.2 Å². The number of carbonyl (C=O) groups excluding carboxylic acids is 1. The molecule has 0 radical (unpaired) electrons. The molecule has 1 amide bonds. The minimum Gasteiger partial charge on any atom is -0.494 e. The van der Waals surface area contributed by atoms with Gasteiger partial charge in [-0.05, 0) is 36.8 Å². The lowest BCUT2D eigenvalue weighted by molar-refractivity contribution is -0.120. The lowest BCUT2D eigenvalue weighted by Crippen LogP contribution is -2.43. The van der Waals surface area contributed by atoms with Gasteiger partial charge in [-0.2, -0.15) is 0 Å². The molecular weight excluding hydrogens is 448 g/mol. The highest BCUT2D eigenvalue weighted by Gasteiger charge is 2.20. The third-order valence-corrected chi connectivity index (χ3v) is 6.24. The second-order valence-corrected chi connectivity index (χ2v) is 8.37. The quantitative estimate of drug-likeness (QED) is 0.477. The monoisotopic (exact) mass is 480 g/mol. The molecule has 1 saturated heterocycles. The Morgan fingerprint density at radius 3 is 2.43 bits per heavy atom. The number of carbonyl (C=O) groups is 1. The minimum atomic E-state index is 0.0329. The van der Waals surface area contributed by atoms with Crippen LogP contribution in [-0.2, 0) is 9.53 Å². The Bertz CT molecular complexity index is 1210. The second kappa shape index (κ2) is 10.8. The smallest absolute Gasteiger partial charge is 0.240 e. The zero-order valence-corrected chi connectivity index (χ0v) is 20.6. The predicted molar refractivity (Wildman–Crippen MR) is 137 cm³/mol. The van der Waals surface area contributed by atoms with Crippen molar-refractivity contribution in [2.75, 3.05) is 59.0 Å². The predicted octanol–water partition coefficient (Wildman–Crippen LogP) is 3.72. The van der Waals surface area contributed by atoms with E-state index in [9.17, 15) is 9.90 Å². The highest BCUT2D eigenvalue weighted by Crippen LogP contribution is 2.37. The van der Waals surface area contributed by atoms with E-state index in [1.807, 2.05) is 37.3 Å². The zero-order chi connectivity index (χ0) is 24.9. The Hall–Kier alpha value is -3.56. The summed E-state index contributed by atoms with van der Waals surface area (Å²) in [5.74, 6) is 1.22. The van der Waals surface area contributed by atoms with Gasteiger partial charge in [-0.1, -0.05) is 6.92 Å². The normalized spacial score (nSPS) is 14.8. The summed E-state index contributed by atoms with van der Waals surface area (Å²) in [7, 11) is 4.93. The largest absolute Gasteiger partial charge is 0.494 e. The maximum atomic E-state index is 12.7. The number of ether oxygens (including phenoxy) is 3. The van der Waals surface area contributed by atoms with E-state index in [2.05, 4.69) is 9.88 Å². The number of likely N-dealkylation sites (N-methyl/N-ethyl adjacent to an activating group) is 1. The number of aromatic hydroxyl groups is 1. The summed E-state index contributed by atoms with van der Waals surface area (Å²) in [5, 5.41) is 11.5. The second-order valence-electron chi connectivity index (χ2n) is 8.37. The maximum Gasteiger partial charge on any atom is 0.240 e. The molecular formula is C26H32N4O5. The summed E-state index contributed by atoms with van der Waals surface area (Å²) in [4.78, 5) is 24.3. The van der Waals surface area contributed by atoms with E-state index in [1.54, 1.807) is 32.2 Å². The van der Waals surface area contributed by atoms with Crippen molar-refractivity contribution in [2.24, 2.45) is 4.99 Å². The highest BCUT2D eigenvalue weighted by molar-refractivity contribution is 6.14. The average Bonchev–Trinajstić information content (AvgIpc) is 3.21. The number of hydrogen-bond acceptors (Lipinski definition) is 7. The van der Waals surface area contributed by atoms with Gasteiger partial charge in [-0.25, -0.2) is 0 Å². The number of aromatic amines is 1. The summed E-state index contributed by atoms with van der Waals surface area (Å²) < 4.78 is 16.2. The molecule has 1 aliphatic heterocycles. The van der Waals surface area contributed by atoms with E-state index in [-0.39, 0.29) is 11.8 Å². The van der Waals surface area contributed by atoms with Crippen molar-refractivity contribution in [3.63, 3.8) is 0 Å². The van der Waals surface area contributed by atoms with Crippen molar-refractivity contribution in [2.45, 2.75) is 13.3 Å². The van der Waals surface area contributed by atoms with Gasteiger partial charge in [0.15, 0.2) is 17.4 Å². The Morgan fingerprint density at radius 2 is 1.80 bits per heavy atom. The van der Waals surface area contributed by atoms with E-state index < -0.39 is 0 Å². The lowest BCUT2D eigenvalue weighted by Gasteiger charge is -2.28. The fourth-order valence-electron chi connectivity index (χ4n) is 4.22. The molecule has 0 spiro atoms. The van der Waals surface area contributed by atoms with Crippen LogP contribution in [0.5, 0.6) is 17.4 Å². The number of nitrogens with zero attached hydrogens (tertiary/aromatic N) is 3. The van der Waals surface area contributed by atoms with Crippen LogP contribution in [-0.4, -0.2) is 80.7 Å². The lowest BCUT2D eigenvalue weighted by atomic mass is 10.1. The van der Waals surface area contributed by atoms with Crippen LogP contribution in [0.2, 0.25) is 0 Å². The molecule has 4 rings (SSSR count). The first-order valence-corrected chi connectivity index (χ1v) is 11.7. The van der Waals surface area contributed by atoms with Crippen LogP contribution in [0.3, 0.4) is 0 Å². The summed E-state index contributed by atoms with van der Waals surface area (Å²) in [6.07, 6.45) is 0.606. The first kappa shape index (κ1) is 24.6. The number of methoxy groups -OCH3 is 2. The van der Waals surface area contributed by atoms with E-state index in [0.717, 1.165) is 41.1 Å². The summed E-state index contributed by atoms with van der Waals surface area (Å²) in [6, 6.07) is 11.1. The summed E-state index contributed by atoms with van der Waals surface area (Å²) >= 11 is 0. The summed E-state index contributed by atoms with van der Waals surface area (Å²) in [6.45, 7) is 5.22. The summed E-state index contributed by atoms with van der Waals surface area (Å²) in [5.41, 5.74) is 3.61. The number of benzene rings is 2. The number of aromatic nitrogens is 1. The maximum absolute atomic E-state index is 12.7. The van der Waals surface area contributed by atoms with E-state index in [4.69, 9.17) is 19.2 Å². The van der Waals surface area contributed by atoms with Crippen LogP contribution in [0.25, 0.3) is 10.9 Å². The van der Waals surface area contributed by atoms with Crippen LogP contribution >= 0.6 is 0 Å². The minimum absolute atomic E-state index is 0.0329. The van der Waals surface area contributed by atoms with Gasteiger partial charge in [0.2, 0.25) is 5.91 Å². The topological polar surface area (TPSA) is 99.6 Å². The van der Waals surface area contributed by atoms with Gasteiger partial charge in [0.05, 0.1) is 56.5 Å². The molecule has 2 N–H and O–H groups in total. The van der Waals surface area contributed by atoms with Crippen molar-refractivity contribution in [1.82, 2.24) is 9.88 Å².